The fraction of sp³-hybridized carbons (Fsp3) is 0.600. The molecule has 0 radical (unpaired) electrons. The van der Waals surface area contributed by atoms with Gasteiger partial charge in [0, 0.05) is 24.6 Å². The van der Waals surface area contributed by atoms with Crippen LogP contribution in [0, 0.1) is 11.7 Å². The monoisotopic (exact) mass is 249 g/mol. The molecule has 1 saturated heterocycles. The van der Waals surface area contributed by atoms with Crippen LogP contribution in [0.1, 0.15) is 24.8 Å². The maximum atomic E-state index is 13.2. The summed E-state index contributed by atoms with van der Waals surface area (Å²) < 4.78 is 18.8. The second-order valence-corrected chi connectivity index (χ2v) is 5.51. The third-order valence-electron chi connectivity index (χ3n) is 3.89. The lowest BCUT2D eigenvalue weighted by Gasteiger charge is -2.32. The smallest absolute Gasteiger partial charge is 0.123 e. The van der Waals surface area contributed by atoms with Crippen LogP contribution in [0.25, 0.3) is 0 Å². The van der Waals surface area contributed by atoms with Crippen molar-refractivity contribution in [3.8, 4) is 0 Å². The van der Waals surface area contributed by atoms with E-state index in [0.717, 1.165) is 37.7 Å². The molecular weight excluding hydrogens is 229 g/mol. The minimum Gasteiger partial charge on any atom is -0.381 e. The van der Waals surface area contributed by atoms with Crippen molar-refractivity contribution in [2.45, 2.75) is 37.8 Å². The standard InChI is InChI=1S/C15H20FNO/c16-13-3-1-2-11(9-13)8-12-10-18-7-6-15(12)17-14-4-5-14/h1-3,9,12,14-15,17H,4-8,10H2/t12-,15+/m1/s1. The van der Waals surface area contributed by atoms with Gasteiger partial charge in [0.15, 0.2) is 0 Å². The topological polar surface area (TPSA) is 21.3 Å². The van der Waals surface area contributed by atoms with Crippen LogP contribution in [-0.4, -0.2) is 25.3 Å². The molecular formula is C15H20FNO. The van der Waals surface area contributed by atoms with Gasteiger partial charge < -0.3 is 10.1 Å². The quantitative estimate of drug-likeness (QED) is 0.885. The van der Waals surface area contributed by atoms with Gasteiger partial charge in [-0.15, -0.1) is 0 Å². The highest BCUT2D eigenvalue weighted by molar-refractivity contribution is 5.17. The summed E-state index contributed by atoms with van der Waals surface area (Å²) in [6, 6.07) is 8.20. The molecule has 0 spiro atoms. The zero-order valence-corrected chi connectivity index (χ0v) is 10.6. The summed E-state index contributed by atoms with van der Waals surface area (Å²) in [6.07, 6.45) is 4.60. The van der Waals surface area contributed by atoms with Gasteiger partial charge in [-0.25, -0.2) is 4.39 Å². The van der Waals surface area contributed by atoms with E-state index < -0.39 is 0 Å². The fourth-order valence-electron chi connectivity index (χ4n) is 2.74. The predicted octanol–water partition coefficient (Wildman–Crippen LogP) is 2.53. The Labute approximate surface area is 108 Å². The number of ether oxygens (including phenoxy) is 1. The summed E-state index contributed by atoms with van der Waals surface area (Å²) in [4.78, 5) is 0. The summed E-state index contributed by atoms with van der Waals surface area (Å²) in [7, 11) is 0. The van der Waals surface area contributed by atoms with Crippen molar-refractivity contribution in [2.24, 2.45) is 5.92 Å². The largest absolute Gasteiger partial charge is 0.381 e. The normalized spacial score (nSPS) is 28.3. The lowest BCUT2D eigenvalue weighted by atomic mass is 9.89. The third-order valence-corrected chi connectivity index (χ3v) is 3.89. The van der Waals surface area contributed by atoms with Crippen LogP contribution in [0.2, 0.25) is 0 Å². The van der Waals surface area contributed by atoms with Crippen molar-refractivity contribution >= 4 is 0 Å². The van der Waals surface area contributed by atoms with E-state index in [2.05, 4.69) is 5.32 Å². The molecule has 2 nitrogen and oxygen atoms in total. The maximum Gasteiger partial charge on any atom is 0.123 e. The molecule has 1 aromatic rings. The van der Waals surface area contributed by atoms with Gasteiger partial charge in [-0.2, -0.15) is 0 Å². The van der Waals surface area contributed by atoms with E-state index in [1.165, 1.54) is 18.9 Å². The highest BCUT2D eigenvalue weighted by Gasteiger charge is 2.31. The van der Waals surface area contributed by atoms with Crippen molar-refractivity contribution in [2.75, 3.05) is 13.2 Å². The zero-order valence-electron chi connectivity index (χ0n) is 10.6. The molecule has 0 bridgehead atoms. The number of hydrogen-bond acceptors (Lipinski definition) is 2. The van der Waals surface area contributed by atoms with Crippen molar-refractivity contribution in [1.82, 2.24) is 5.32 Å². The first kappa shape index (κ1) is 12.1. The van der Waals surface area contributed by atoms with Crippen molar-refractivity contribution in [1.29, 1.82) is 0 Å². The van der Waals surface area contributed by atoms with Crippen molar-refractivity contribution in [3.05, 3.63) is 35.6 Å². The Morgan fingerprint density at radius 3 is 2.94 bits per heavy atom. The third kappa shape index (κ3) is 3.09. The van der Waals surface area contributed by atoms with E-state index >= 15 is 0 Å². The van der Waals surface area contributed by atoms with E-state index in [1.54, 1.807) is 12.1 Å². The molecule has 1 aromatic carbocycles. The second-order valence-electron chi connectivity index (χ2n) is 5.51. The Bertz CT molecular complexity index is 405. The van der Waals surface area contributed by atoms with Crippen LogP contribution in [0.5, 0.6) is 0 Å². The lowest BCUT2D eigenvalue weighted by Crippen LogP contribution is -2.44. The molecule has 3 heteroatoms. The Balaban J connectivity index is 1.64. The molecule has 2 fully saturated rings. The SMILES string of the molecule is Fc1cccc(C[C@@H]2COCC[C@@H]2NC2CC2)c1. The molecule has 1 aliphatic carbocycles. The first-order chi connectivity index (χ1) is 8.81. The highest BCUT2D eigenvalue weighted by atomic mass is 19.1. The molecule has 1 heterocycles. The van der Waals surface area contributed by atoms with Crippen LogP contribution in [0.3, 0.4) is 0 Å². The second kappa shape index (κ2) is 5.37. The molecule has 0 unspecified atom stereocenters. The molecule has 3 rings (SSSR count). The van der Waals surface area contributed by atoms with Gasteiger partial charge in [0.1, 0.15) is 5.82 Å². The summed E-state index contributed by atoms with van der Waals surface area (Å²) >= 11 is 0. The molecule has 2 atom stereocenters. The Kier molecular flexibility index (Phi) is 3.62. The van der Waals surface area contributed by atoms with E-state index in [9.17, 15) is 4.39 Å². The number of nitrogens with one attached hydrogen (secondary N) is 1. The first-order valence-electron chi connectivity index (χ1n) is 6.89. The summed E-state index contributed by atoms with van der Waals surface area (Å²) in [5, 5.41) is 3.70. The predicted molar refractivity (Wildman–Crippen MR) is 69.0 cm³/mol. The molecule has 0 aromatic heterocycles. The number of hydrogen-bond donors (Lipinski definition) is 1. The van der Waals surface area contributed by atoms with Gasteiger partial charge in [-0.05, 0) is 43.4 Å². The number of benzene rings is 1. The molecule has 1 saturated carbocycles. The summed E-state index contributed by atoms with van der Waals surface area (Å²) in [5.74, 6) is 0.331. The molecule has 0 amide bonds. The molecule has 98 valence electrons. The average Bonchev–Trinajstić information content (AvgIpc) is 3.16. The number of halogens is 1. The zero-order chi connectivity index (χ0) is 12.4. The maximum absolute atomic E-state index is 13.2. The summed E-state index contributed by atoms with van der Waals surface area (Å²) in [6.45, 7) is 1.64. The van der Waals surface area contributed by atoms with Crippen molar-refractivity contribution in [3.63, 3.8) is 0 Å². The molecule has 18 heavy (non-hydrogen) atoms. The van der Waals surface area contributed by atoms with Gasteiger partial charge in [0.25, 0.3) is 0 Å². The van der Waals surface area contributed by atoms with E-state index in [4.69, 9.17) is 4.74 Å². The first-order valence-corrected chi connectivity index (χ1v) is 6.89. The van der Waals surface area contributed by atoms with Crippen LogP contribution in [0.15, 0.2) is 24.3 Å². The Hall–Kier alpha value is -0.930. The van der Waals surface area contributed by atoms with Gasteiger partial charge in [-0.3, -0.25) is 0 Å². The van der Waals surface area contributed by atoms with Gasteiger partial charge >= 0.3 is 0 Å². The molecule has 1 N–H and O–H groups in total. The summed E-state index contributed by atoms with van der Waals surface area (Å²) in [5.41, 5.74) is 1.08. The fourth-order valence-corrected chi connectivity index (χ4v) is 2.74. The van der Waals surface area contributed by atoms with E-state index in [0.29, 0.717) is 12.0 Å². The minimum atomic E-state index is -0.143. The van der Waals surface area contributed by atoms with Crippen LogP contribution in [0.4, 0.5) is 4.39 Å². The van der Waals surface area contributed by atoms with Crippen LogP contribution >= 0.6 is 0 Å². The Morgan fingerprint density at radius 1 is 1.28 bits per heavy atom. The van der Waals surface area contributed by atoms with Gasteiger partial charge in [-0.1, -0.05) is 12.1 Å². The van der Waals surface area contributed by atoms with E-state index in [-0.39, 0.29) is 5.82 Å². The van der Waals surface area contributed by atoms with Crippen LogP contribution < -0.4 is 5.32 Å². The van der Waals surface area contributed by atoms with Crippen molar-refractivity contribution < 1.29 is 9.13 Å². The van der Waals surface area contributed by atoms with Gasteiger partial charge in [0.05, 0.1) is 6.61 Å². The van der Waals surface area contributed by atoms with E-state index in [1.807, 2.05) is 6.07 Å². The minimum absolute atomic E-state index is 0.143. The van der Waals surface area contributed by atoms with Gasteiger partial charge in [0.2, 0.25) is 0 Å². The van der Waals surface area contributed by atoms with Crippen LogP contribution in [-0.2, 0) is 11.2 Å². The highest BCUT2D eigenvalue weighted by Crippen LogP contribution is 2.26. The number of rotatable bonds is 4. The molecule has 1 aliphatic heterocycles. The Morgan fingerprint density at radius 2 is 2.17 bits per heavy atom. The average molecular weight is 249 g/mol. The lowest BCUT2D eigenvalue weighted by molar-refractivity contribution is 0.0316. The molecule has 2 aliphatic rings.